The van der Waals surface area contributed by atoms with Crippen LogP contribution in [0.25, 0.3) is 0 Å². The lowest BCUT2D eigenvalue weighted by Gasteiger charge is -2.33. The fourth-order valence-electron chi connectivity index (χ4n) is 5.05. The monoisotopic (exact) mass is 457 g/mol. The van der Waals surface area contributed by atoms with Gasteiger partial charge in [-0.1, -0.05) is 18.9 Å². The standard InChI is InChI=1S/C24H28FN3O3S/c25-21-9-8-20(22(27-21)28-14-12-24(10-11-24)13-15-28)23(29)26-17-4-3-7-19(16-17)32(30,31)18-5-1-2-6-18/h3-4,7-9,16,18H,1-2,5-6,10-15H2,(H,26,29). The molecular weight excluding hydrogens is 429 g/mol. The number of aromatic nitrogens is 1. The van der Waals surface area contributed by atoms with E-state index in [1.54, 1.807) is 18.2 Å². The largest absolute Gasteiger partial charge is 0.356 e. The zero-order valence-corrected chi connectivity index (χ0v) is 18.8. The fraction of sp³-hybridized carbons (Fsp3) is 0.500. The van der Waals surface area contributed by atoms with Gasteiger partial charge in [-0.15, -0.1) is 0 Å². The van der Waals surface area contributed by atoms with Crippen molar-refractivity contribution in [2.45, 2.75) is 61.5 Å². The lowest BCUT2D eigenvalue weighted by atomic mass is 9.93. The van der Waals surface area contributed by atoms with Crippen molar-refractivity contribution in [3.8, 4) is 0 Å². The van der Waals surface area contributed by atoms with Crippen LogP contribution in [0.15, 0.2) is 41.3 Å². The smallest absolute Gasteiger partial charge is 0.259 e. The third-order valence-corrected chi connectivity index (χ3v) is 9.59. The molecule has 6 nitrogen and oxygen atoms in total. The molecule has 1 aromatic heterocycles. The number of benzene rings is 1. The molecule has 32 heavy (non-hydrogen) atoms. The van der Waals surface area contributed by atoms with Crippen LogP contribution in [0.4, 0.5) is 15.9 Å². The molecule has 5 rings (SSSR count). The van der Waals surface area contributed by atoms with Crippen LogP contribution in [0.3, 0.4) is 0 Å². The minimum Gasteiger partial charge on any atom is -0.356 e. The number of amides is 1. The SMILES string of the molecule is O=C(Nc1cccc(S(=O)(=O)C2CCCC2)c1)c1ccc(F)nc1N1CCC2(CC1)CC2. The molecule has 2 saturated carbocycles. The molecule has 0 bridgehead atoms. The first-order valence-corrected chi connectivity index (χ1v) is 13.0. The van der Waals surface area contributed by atoms with Crippen molar-refractivity contribution in [2.24, 2.45) is 5.41 Å². The molecule has 1 saturated heterocycles. The summed E-state index contributed by atoms with van der Waals surface area (Å²) in [5.41, 5.74) is 1.15. The van der Waals surface area contributed by atoms with Gasteiger partial charge in [0.1, 0.15) is 5.82 Å². The molecule has 0 radical (unpaired) electrons. The molecule has 0 unspecified atom stereocenters. The summed E-state index contributed by atoms with van der Waals surface area (Å²) in [6.07, 6.45) is 7.80. The highest BCUT2D eigenvalue weighted by Crippen LogP contribution is 2.54. The summed E-state index contributed by atoms with van der Waals surface area (Å²) >= 11 is 0. The molecular formula is C24H28FN3O3S. The number of nitrogens with zero attached hydrogens (tertiary/aromatic N) is 2. The molecule has 3 fully saturated rings. The Bertz CT molecular complexity index is 1130. The topological polar surface area (TPSA) is 79.4 Å². The van der Waals surface area contributed by atoms with E-state index >= 15 is 0 Å². The number of pyridine rings is 1. The number of hydrogen-bond acceptors (Lipinski definition) is 5. The van der Waals surface area contributed by atoms with Crippen molar-refractivity contribution in [1.82, 2.24) is 4.98 Å². The van der Waals surface area contributed by atoms with E-state index < -0.39 is 21.7 Å². The third kappa shape index (κ3) is 4.12. The van der Waals surface area contributed by atoms with E-state index in [2.05, 4.69) is 10.3 Å². The third-order valence-electron chi connectivity index (χ3n) is 7.33. The van der Waals surface area contributed by atoms with Crippen molar-refractivity contribution in [2.75, 3.05) is 23.3 Å². The molecule has 2 aromatic rings. The lowest BCUT2D eigenvalue weighted by molar-refractivity contribution is 0.102. The highest BCUT2D eigenvalue weighted by molar-refractivity contribution is 7.92. The lowest BCUT2D eigenvalue weighted by Crippen LogP contribution is -2.36. The highest BCUT2D eigenvalue weighted by atomic mass is 32.2. The van der Waals surface area contributed by atoms with E-state index in [0.717, 1.165) is 38.8 Å². The fourth-order valence-corrected chi connectivity index (χ4v) is 6.95. The number of carbonyl (C=O) groups excluding carboxylic acids is 1. The van der Waals surface area contributed by atoms with Gasteiger partial charge in [0.05, 0.1) is 15.7 Å². The molecule has 170 valence electrons. The quantitative estimate of drug-likeness (QED) is 0.666. The number of hydrogen-bond donors (Lipinski definition) is 1. The molecule has 0 atom stereocenters. The molecule has 1 spiro atoms. The van der Waals surface area contributed by atoms with Crippen LogP contribution in [-0.4, -0.2) is 37.6 Å². The van der Waals surface area contributed by atoms with Crippen molar-refractivity contribution in [3.05, 3.63) is 47.9 Å². The first-order valence-electron chi connectivity index (χ1n) is 11.4. The number of piperidine rings is 1. The minimum atomic E-state index is -3.42. The zero-order valence-electron chi connectivity index (χ0n) is 18.0. The van der Waals surface area contributed by atoms with E-state index in [-0.39, 0.29) is 10.1 Å². The van der Waals surface area contributed by atoms with Gasteiger partial charge < -0.3 is 10.2 Å². The van der Waals surface area contributed by atoms with Crippen LogP contribution >= 0.6 is 0 Å². The van der Waals surface area contributed by atoms with Gasteiger partial charge in [-0.25, -0.2) is 13.4 Å². The minimum absolute atomic E-state index is 0.227. The number of halogens is 1. The maximum atomic E-state index is 14.0. The van der Waals surface area contributed by atoms with Crippen LogP contribution in [0, 0.1) is 11.4 Å². The van der Waals surface area contributed by atoms with E-state index in [1.807, 2.05) is 4.90 Å². The van der Waals surface area contributed by atoms with Crippen molar-refractivity contribution in [1.29, 1.82) is 0 Å². The molecule has 8 heteroatoms. The van der Waals surface area contributed by atoms with Gasteiger partial charge >= 0.3 is 0 Å². The number of sulfone groups is 1. The van der Waals surface area contributed by atoms with Gasteiger partial charge in [-0.05, 0) is 74.3 Å². The van der Waals surface area contributed by atoms with Crippen LogP contribution in [0.5, 0.6) is 0 Å². The first-order chi connectivity index (χ1) is 15.4. The summed E-state index contributed by atoms with van der Waals surface area (Å²) in [4.78, 5) is 19.4. The Balaban J connectivity index is 1.36. The molecule has 3 aliphatic rings. The van der Waals surface area contributed by atoms with Gasteiger partial charge in [0.2, 0.25) is 5.95 Å². The summed E-state index contributed by atoms with van der Waals surface area (Å²) in [5.74, 6) is -0.685. The summed E-state index contributed by atoms with van der Waals surface area (Å²) < 4.78 is 39.8. The van der Waals surface area contributed by atoms with Gasteiger partial charge in [0.15, 0.2) is 9.84 Å². The average molecular weight is 458 g/mol. The van der Waals surface area contributed by atoms with Gasteiger partial charge in [-0.2, -0.15) is 4.39 Å². The average Bonchev–Trinajstić information content (AvgIpc) is 3.30. The van der Waals surface area contributed by atoms with E-state index in [4.69, 9.17) is 0 Å². The molecule has 1 N–H and O–H groups in total. The first kappa shape index (κ1) is 21.4. The van der Waals surface area contributed by atoms with Crippen LogP contribution in [0.2, 0.25) is 0 Å². The maximum absolute atomic E-state index is 14.0. The van der Waals surface area contributed by atoms with Gasteiger partial charge in [0.25, 0.3) is 5.91 Å². The summed E-state index contributed by atoms with van der Waals surface area (Å²) in [6.45, 7) is 1.51. The molecule has 1 aliphatic heterocycles. The second-order valence-corrected chi connectivity index (χ2v) is 11.7. The predicted octanol–water partition coefficient (Wildman–Crippen LogP) is 4.57. The number of anilines is 2. The Morgan fingerprint density at radius 1 is 1.06 bits per heavy atom. The van der Waals surface area contributed by atoms with Crippen LogP contribution in [0.1, 0.15) is 61.7 Å². The Labute approximate surface area is 188 Å². The van der Waals surface area contributed by atoms with E-state index in [9.17, 15) is 17.6 Å². The highest BCUT2D eigenvalue weighted by Gasteiger charge is 2.45. The van der Waals surface area contributed by atoms with Crippen LogP contribution in [-0.2, 0) is 9.84 Å². The Morgan fingerprint density at radius 2 is 1.78 bits per heavy atom. The van der Waals surface area contributed by atoms with Crippen molar-refractivity contribution in [3.63, 3.8) is 0 Å². The maximum Gasteiger partial charge on any atom is 0.259 e. The summed E-state index contributed by atoms with van der Waals surface area (Å²) in [6, 6.07) is 9.04. The van der Waals surface area contributed by atoms with Crippen LogP contribution < -0.4 is 10.2 Å². The van der Waals surface area contributed by atoms with Crippen molar-refractivity contribution < 1.29 is 17.6 Å². The Morgan fingerprint density at radius 3 is 2.47 bits per heavy atom. The van der Waals surface area contributed by atoms with Crippen molar-refractivity contribution >= 4 is 27.2 Å². The normalized spacial score (nSPS) is 20.5. The Kier molecular flexibility index (Phi) is 5.43. The molecule has 1 aromatic carbocycles. The summed E-state index contributed by atoms with van der Waals surface area (Å²) in [7, 11) is -3.42. The number of carbonyl (C=O) groups is 1. The van der Waals surface area contributed by atoms with Gasteiger partial charge in [-0.3, -0.25) is 4.79 Å². The van der Waals surface area contributed by atoms with Gasteiger partial charge in [0, 0.05) is 18.8 Å². The number of rotatable bonds is 5. The predicted molar refractivity (Wildman–Crippen MR) is 121 cm³/mol. The summed E-state index contributed by atoms with van der Waals surface area (Å²) in [5, 5.41) is 2.44. The Hall–Kier alpha value is -2.48. The zero-order chi connectivity index (χ0) is 22.3. The molecule has 1 amide bonds. The second-order valence-electron chi connectivity index (χ2n) is 9.43. The van der Waals surface area contributed by atoms with E-state index in [0.29, 0.717) is 35.3 Å². The molecule has 2 heterocycles. The molecule has 2 aliphatic carbocycles. The second kappa shape index (κ2) is 8.14. The van der Waals surface area contributed by atoms with E-state index in [1.165, 1.54) is 31.0 Å². The number of nitrogens with one attached hydrogen (secondary N) is 1.